The van der Waals surface area contributed by atoms with Crippen LogP contribution in [-0.2, 0) is 10.3 Å². The number of para-hydroxylation sites is 1. The van der Waals surface area contributed by atoms with E-state index in [1.165, 1.54) is 0 Å². The molecule has 1 aromatic heterocycles. The minimum atomic E-state index is -0.520. The van der Waals surface area contributed by atoms with Crippen molar-refractivity contribution in [2.45, 2.75) is 26.3 Å². The van der Waals surface area contributed by atoms with Gasteiger partial charge in [-0.05, 0) is 44.0 Å². The predicted octanol–water partition coefficient (Wildman–Crippen LogP) is 4.98. The molecule has 1 aliphatic heterocycles. The Kier molecular flexibility index (Phi) is 3.53. The average molecular weight is 331 g/mol. The highest BCUT2D eigenvalue weighted by Gasteiger charge is 2.41. The second-order valence-electron chi connectivity index (χ2n) is 7.12. The zero-order valence-electron chi connectivity index (χ0n) is 14.7. The number of benzene rings is 2. The zero-order chi connectivity index (χ0) is 17.6. The van der Waals surface area contributed by atoms with Crippen LogP contribution in [0.5, 0.6) is 0 Å². The number of hydrogen-bond donors (Lipinski definition) is 0. The van der Waals surface area contributed by atoms with E-state index in [2.05, 4.69) is 0 Å². The summed E-state index contributed by atoms with van der Waals surface area (Å²) in [6.07, 6.45) is 0. The fraction of sp³-hybridized carbons (Fsp3) is 0.227. The number of rotatable bonds is 3. The van der Waals surface area contributed by atoms with Crippen LogP contribution in [0.4, 0.5) is 0 Å². The van der Waals surface area contributed by atoms with Gasteiger partial charge in [-0.1, -0.05) is 48.5 Å². The number of carbonyl (C=O) groups excluding carboxylic acids is 1. The van der Waals surface area contributed by atoms with Gasteiger partial charge in [-0.2, -0.15) is 0 Å². The van der Waals surface area contributed by atoms with Gasteiger partial charge in [-0.15, -0.1) is 0 Å². The van der Waals surface area contributed by atoms with Gasteiger partial charge in [-0.3, -0.25) is 4.79 Å². The van der Waals surface area contributed by atoms with E-state index in [0.29, 0.717) is 6.54 Å². The zero-order valence-corrected chi connectivity index (χ0v) is 14.7. The van der Waals surface area contributed by atoms with Gasteiger partial charge in [-0.25, -0.2) is 0 Å². The molecule has 1 aliphatic rings. The lowest BCUT2D eigenvalue weighted by Crippen LogP contribution is -2.43. The molecule has 25 heavy (non-hydrogen) atoms. The van der Waals surface area contributed by atoms with Crippen LogP contribution >= 0.6 is 0 Å². The lowest BCUT2D eigenvalue weighted by atomic mass is 9.98. The van der Waals surface area contributed by atoms with Crippen molar-refractivity contribution in [3.8, 4) is 0 Å². The molecule has 0 saturated heterocycles. The normalized spacial score (nSPS) is 15.5. The first-order valence-electron chi connectivity index (χ1n) is 8.54. The average Bonchev–Trinajstić information content (AvgIpc) is 3.17. The van der Waals surface area contributed by atoms with Crippen molar-refractivity contribution < 1.29 is 9.21 Å². The topological polar surface area (TPSA) is 33.5 Å². The van der Waals surface area contributed by atoms with Crippen molar-refractivity contribution >= 4 is 22.4 Å². The van der Waals surface area contributed by atoms with E-state index < -0.39 is 5.54 Å². The van der Waals surface area contributed by atoms with Crippen LogP contribution in [0.1, 0.15) is 32.1 Å². The molecule has 0 radical (unpaired) electrons. The van der Waals surface area contributed by atoms with Crippen LogP contribution < -0.4 is 0 Å². The number of amides is 1. The Morgan fingerprint density at radius 3 is 2.40 bits per heavy atom. The smallest absolute Gasteiger partial charge is 0.255 e. The fourth-order valence-electron chi connectivity index (χ4n) is 3.55. The van der Waals surface area contributed by atoms with Crippen molar-refractivity contribution in [2.75, 3.05) is 6.54 Å². The second kappa shape index (κ2) is 5.62. The maximum Gasteiger partial charge on any atom is 0.255 e. The first kappa shape index (κ1) is 15.7. The Bertz CT molecular complexity index is 946. The molecule has 0 unspecified atom stereocenters. The van der Waals surface area contributed by atoms with Gasteiger partial charge in [0, 0.05) is 17.5 Å². The Hall–Kier alpha value is -2.81. The Labute approximate surface area is 147 Å². The first-order chi connectivity index (χ1) is 12.0. The molecule has 4 rings (SSSR count). The van der Waals surface area contributed by atoms with E-state index in [9.17, 15) is 4.79 Å². The summed E-state index contributed by atoms with van der Waals surface area (Å²) in [5, 5.41) is 1.06. The maximum absolute atomic E-state index is 13.2. The van der Waals surface area contributed by atoms with Gasteiger partial charge in [0.2, 0.25) is 0 Å². The molecule has 0 fully saturated rings. The van der Waals surface area contributed by atoms with Crippen LogP contribution in [0.15, 0.2) is 70.7 Å². The van der Waals surface area contributed by atoms with Gasteiger partial charge < -0.3 is 9.32 Å². The lowest BCUT2D eigenvalue weighted by molar-refractivity contribution is -0.129. The summed E-state index contributed by atoms with van der Waals surface area (Å²) in [5.41, 5.74) is 3.22. The summed E-state index contributed by atoms with van der Waals surface area (Å²) in [6.45, 7) is 6.75. The molecule has 2 heterocycles. The van der Waals surface area contributed by atoms with Crippen molar-refractivity contribution in [1.82, 2.24) is 4.90 Å². The first-order valence-corrected chi connectivity index (χ1v) is 8.54. The molecule has 0 saturated carbocycles. The standard InChI is InChI=1S/C22H21NO2/c1-15-14-23(21(24)20(15)16-9-5-4-6-10-16)22(2,3)19-13-17-11-7-8-12-18(17)25-19/h4-13H,14H2,1-3H3. The number of hydrogen-bond acceptors (Lipinski definition) is 2. The molecule has 1 amide bonds. The molecule has 0 atom stereocenters. The van der Waals surface area contributed by atoms with Crippen molar-refractivity contribution in [2.24, 2.45) is 0 Å². The highest BCUT2D eigenvalue weighted by atomic mass is 16.3. The minimum absolute atomic E-state index is 0.0640. The summed E-state index contributed by atoms with van der Waals surface area (Å²) >= 11 is 0. The highest BCUT2D eigenvalue weighted by molar-refractivity contribution is 6.22. The molecule has 3 heteroatoms. The molecule has 3 aromatic rings. The van der Waals surface area contributed by atoms with Crippen LogP contribution in [0.25, 0.3) is 16.5 Å². The molecule has 0 spiro atoms. The largest absolute Gasteiger partial charge is 0.459 e. The number of furan rings is 1. The van der Waals surface area contributed by atoms with E-state index in [1.807, 2.05) is 86.3 Å². The molecule has 126 valence electrons. The summed E-state index contributed by atoms with van der Waals surface area (Å²) in [5.74, 6) is 0.873. The van der Waals surface area contributed by atoms with Crippen LogP contribution in [0.3, 0.4) is 0 Å². The van der Waals surface area contributed by atoms with E-state index in [4.69, 9.17) is 4.42 Å². The van der Waals surface area contributed by atoms with Crippen LogP contribution in [-0.4, -0.2) is 17.4 Å². The van der Waals surface area contributed by atoms with Crippen molar-refractivity contribution in [3.05, 3.63) is 77.6 Å². The predicted molar refractivity (Wildman–Crippen MR) is 100.0 cm³/mol. The fourth-order valence-corrected chi connectivity index (χ4v) is 3.55. The summed E-state index contributed by atoms with van der Waals surface area (Å²) in [7, 11) is 0. The summed E-state index contributed by atoms with van der Waals surface area (Å²) < 4.78 is 6.06. The molecule has 0 aliphatic carbocycles. The van der Waals surface area contributed by atoms with Crippen LogP contribution in [0.2, 0.25) is 0 Å². The third kappa shape index (κ3) is 2.47. The molecule has 2 aromatic carbocycles. The maximum atomic E-state index is 13.2. The molecular weight excluding hydrogens is 310 g/mol. The number of carbonyl (C=O) groups is 1. The van der Waals surface area contributed by atoms with Crippen molar-refractivity contribution in [3.63, 3.8) is 0 Å². The Morgan fingerprint density at radius 1 is 1.00 bits per heavy atom. The summed E-state index contributed by atoms with van der Waals surface area (Å²) in [4.78, 5) is 15.1. The SMILES string of the molecule is CC1=C(c2ccccc2)C(=O)N(C(C)(C)c2cc3ccccc3o2)C1. The van der Waals surface area contributed by atoms with Gasteiger partial charge in [0.15, 0.2) is 0 Å². The van der Waals surface area contributed by atoms with Gasteiger partial charge >= 0.3 is 0 Å². The van der Waals surface area contributed by atoms with Gasteiger partial charge in [0.05, 0.1) is 5.54 Å². The quantitative estimate of drug-likeness (QED) is 0.678. The Balaban J connectivity index is 1.71. The van der Waals surface area contributed by atoms with Gasteiger partial charge in [0.1, 0.15) is 11.3 Å². The second-order valence-corrected chi connectivity index (χ2v) is 7.12. The van der Waals surface area contributed by atoms with E-state index in [-0.39, 0.29) is 5.91 Å². The monoisotopic (exact) mass is 331 g/mol. The highest BCUT2D eigenvalue weighted by Crippen LogP contribution is 2.39. The summed E-state index contributed by atoms with van der Waals surface area (Å²) in [6, 6.07) is 19.9. The molecule has 3 nitrogen and oxygen atoms in total. The number of fused-ring (bicyclic) bond motifs is 1. The lowest BCUT2D eigenvalue weighted by Gasteiger charge is -2.34. The van der Waals surface area contributed by atoms with E-state index in [1.54, 1.807) is 0 Å². The molecular formula is C22H21NO2. The van der Waals surface area contributed by atoms with E-state index >= 15 is 0 Å². The Morgan fingerprint density at radius 2 is 1.68 bits per heavy atom. The van der Waals surface area contributed by atoms with Gasteiger partial charge in [0.25, 0.3) is 5.91 Å². The molecule has 0 N–H and O–H groups in total. The molecule has 0 bridgehead atoms. The van der Waals surface area contributed by atoms with Crippen molar-refractivity contribution in [1.29, 1.82) is 0 Å². The number of nitrogens with zero attached hydrogens (tertiary/aromatic N) is 1. The third-order valence-electron chi connectivity index (χ3n) is 5.05. The van der Waals surface area contributed by atoms with Crippen LogP contribution in [0, 0.1) is 0 Å². The van der Waals surface area contributed by atoms with E-state index in [0.717, 1.165) is 33.4 Å². The third-order valence-corrected chi connectivity index (χ3v) is 5.05. The minimum Gasteiger partial charge on any atom is -0.459 e.